The Balaban J connectivity index is 1.86. The van der Waals surface area contributed by atoms with Crippen molar-refractivity contribution in [2.75, 3.05) is 12.4 Å². The number of anilines is 1. The van der Waals surface area contributed by atoms with Crippen LogP contribution in [0.3, 0.4) is 0 Å². The topological polar surface area (TPSA) is 85.6 Å². The lowest BCUT2D eigenvalue weighted by Gasteiger charge is -2.11. The van der Waals surface area contributed by atoms with E-state index in [2.05, 4.69) is 25.3 Å². The quantitative estimate of drug-likeness (QED) is 0.574. The Hall–Kier alpha value is -3.32. The average Bonchev–Trinajstić information content (AvgIpc) is 2.70. The monoisotopic (exact) mass is 392 g/mol. The summed E-state index contributed by atoms with van der Waals surface area (Å²) in [5.74, 6) is 0.455. The third-order valence-electron chi connectivity index (χ3n) is 4.48. The molecule has 0 spiro atoms. The van der Waals surface area contributed by atoms with Crippen LogP contribution in [0.15, 0.2) is 47.7 Å². The largest absolute Gasteiger partial charge is 0.357 e. The zero-order valence-corrected chi connectivity index (χ0v) is 16.3. The van der Waals surface area contributed by atoms with Gasteiger partial charge in [0.1, 0.15) is 5.65 Å². The molecule has 4 aromatic rings. The lowest BCUT2D eigenvalue weighted by atomic mass is 10.0. The van der Waals surface area contributed by atoms with Crippen LogP contribution < -0.4 is 10.9 Å². The SMILES string of the molecule is CNc1ncc2cc(-c3ccc(-c4cncc(C)n4)cc3Cl)c(=O)n(C)c2n1. The van der Waals surface area contributed by atoms with Gasteiger partial charge in [-0.25, -0.2) is 9.97 Å². The van der Waals surface area contributed by atoms with Crippen molar-refractivity contribution >= 4 is 28.6 Å². The molecule has 140 valence electrons. The molecule has 0 aliphatic rings. The number of halogens is 1. The number of fused-ring (bicyclic) bond motifs is 1. The van der Waals surface area contributed by atoms with Gasteiger partial charge in [-0.05, 0) is 19.1 Å². The smallest absolute Gasteiger partial charge is 0.259 e. The number of hydrogen-bond donors (Lipinski definition) is 1. The van der Waals surface area contributed by atoms with E-state index < -0.39 is 0 Å². The standard InChI is InChI=1S/C20H17ClN6O/c1-11-8-23-10-17(25-11)12-4-5-14(16(21)7-12)15-6-13-9-24-20(22-2)26-18(13)27(3)19(15)28/h4-10H,1-3H3,(H,22,24,26). The van der Waals surface area contributed by atoms with Crippen LogP contribution in [-0.2, 0) is 7.05 Å². The van der Waals surface area contributed by atoms with Gasteiger partial charge in [-0.3, -0.25) is 14.3 Å². The second kappa shape index (κ2) is 7.01. The molecule has 0 fully saturated rings. The summed E-state index contributed by atoms with van der Waals surface area (Å²) in [6.45, 7) is 1.88. The molecule has 1 aromatic carbocycles. The molecule has 4 rings (SSSR count). The second-order valence-corrected chi connectivity index (χ2v) is 6.79. The minimum Gasteiger partial charge on any atom is -0.357 e. The van der Waals surface area contributed by atoms with Gasteiger partial charge < -0.3 is 5.32 Å². The fraction of sp³-hybridized carbons (Fsp3) is 0.150. The minimum absolute atomic E-state index is 0.182. The summed E-state index contributed by atoms with van der Waals surface area (Å²) in [4.78, 5) is 30.2. The molecule has 0 saturated heterocycles. The number of nitrogens with one attached hydrogen (secondary N) is 1. The maximum absolute atomic E-state index is 12.9. The van der Waals surface area contributed by atoms with Crippen LogP contribution in [-0.4, -0.2) is 31.6 Å². The molecule has 1 N–H and O–H groups in total. The number of aromatic nitrogens is 5. The van der Waals surface area contributed by atoms with Crippen molar-refractivity contribution < 1.29 is 0 Å². The Morgan fingerprint density at radius 1 is 1.07 bits per heavy atom. The fourth-order valence-corrected chi connectivity index (χ4v) is 3.34. The zero-order chi connectivity index (χ0) is 19.8. The van der Waals surface area contributed by atoms with Crippen molar-refractivity contribution in [3.05, 3.63) is 63.9 Å². The molecule has 0 bridgehead atoms. The number of nitrogens with zero attached hydrogens (tertiary/aromatic N) is 5. The first-order valence-corrected chi connectivity index (χ1v) is 8.99. The van der Waals surface area contributed by atoms with Gasteiger partial charge >= 0.3 is 0 Å². The van der Waals surface area contributed by atoms with Gasteiger partial charge in [0, 0.05) is 53.6 Å². The van der Waals surface area contributed by atoms with Crippen LogP contribution in [0.4, 0.5) is 5.95 Å². The van der Waals surface area contributed by atoms with E-state index in [-0.39, 0.29) is 5.56 Å². The first-order chi connectivity index (χ1) is 13.5. The fourth-order valence-electron chi connectivity index (χ4n) is 3.06. The number of hydrogen-bond acceptors (Lipinski definition) is 6. The summed E-state index contributed by atoms with van der Waals surface area (Å²) >= 11 is 6.54. The van der Waals surface area contributed by atoms with Gasteiger partial charge in [0.15, 0.2) is 0 Å². The molecule has 0 atom stereocenters. The van der Waals surface area contributed by atoms with Crippen LogP contribution in [0.1, 0.15) is 5.69 Å². The van der Waals surface area contributed by atoms with Crippen molar-refractivity contribution in [2.45, 2.75) is 6.92 Å². The summed E-state index contributed by atoms with van der Waals surface area (Å²) in [6.07, 6.45) is 5.06. The Morgan fingerprint density at radius 3 is 2.61 bits per heavy atom. The highest BCUT2D eigenvalue weighted by molar-refractivity contribution is 6.33. The number of pyridine rings is 1. The van der Waals surface area contributed by atoms with Crippen LogP contribution in [0.2, 0.25) is 5.02 Å². The molecular formula is C20H17ClN6O. The number of rotatable bonds is 3. The first-order valence-electron chi connectivity index (χ1n) is 8.61. The average molecular weight is 393 g/mol. The Morgan fingerprint density at radius 2 is 1.89 bits per heavy atom. The number of aryl methyl sites for hydroxylation is 2. The third-order valence-corrected chi connectivity index (χ3v) is 4.79. The summed E-state index contributed by atoms with van der Waals surface area (Å²) in [6, 6.07) is 7.27. The lowest BCUT2D eigenvalue weighted by Crippen LogP contribution is -2.20. The van der Waals surface area contributed by atoms with Crippen LogP contribution in [0, 0.1) is 6.92 Å². The molecule has 0 unspecified atom stereocenters. The normalized spacial score (nSPS) is 11.0. The van der Waals surface area contributed by atoms with E-state index in [9.17, 15) is 4.79 Å². The maximum Gasteiger partial charge on any atom is 0.259 e. The van der Waals surface area contributed by atoms with E-state index in [1.165, 1.54) is 4.57 Å². The van der Waals surface area contributed by atoms with Crippen molar-refractivity contribution in [3.8, 4) is 22.4 Å². The van der Waals surface area contributed by atoms with Gasteiger partial charge in [0.25, 0.3) is 5.56 Å². The summed E-state index contributed by atoms with van der Waals surface area (Å²) < 4.78 is 1.50. The summed E-state index contributed by atoms with van der Waals surface area (Å²) in [7, 11) is 3.42. The zero-order valence-electron chi connectivity index (χ0n) is 15.6. The molecule has 7 nitrogen and oxygen atoms in total. The van der Waals surface area contributed by atoms with E-state index >= 15 is 0 Å². The van der Waals surface area contributed by atoms with Crippen LogP contribution >= 0.6 is 11.6 Å². The van der Waals surface area contributed by atoms with Gasteiger partial charge in [0.2, 0.25) is 5.95 Å². The molecule has 0 radical (unpaired) electrons. The summed E-state index contributed by atoms with van der Waals surface area (Å²) in [5, 5.41) is 4.09. The minimum atomic E-state index is -0.182. The van der Waals surface area contributed by atoms with Crippen LogP contribution in [0.5, 0.6) is 0 Å². The van der Waals surface area contributed by atoms with Gasteiger partial charge in [-0.1, -0.05) is 23.7 Å². The highest BCUT2D eigenvalue weighted by Gasteiger charge is 2.14. The maximum atomic E-state index is 12.9. The van der Waals surface area contributed by atoms with Crippen molar-refractivity contribution in [1.29, 1.82) is 0 Å². The molecule has 3 aromatic heterocycles. The molecule has 0 amide bonds. The Bertz CT molecular complexity index is 1270. The van der Waals surface area contributed by atoms with E-state index in [1.807, 2.05) is 19.1 Å². The molecule has 28 heavy (non-hydrogen) atoms. The molecule has 8 heteroatoms. The van der Waals surface area contributed by atoms with Gasteiger partial charge in [-0.15, -0.1) is 0 Å². The van der Waals surface area contributed by atoms with Crippen molar-refractivity contribution in [1.82, 2.24) is 24.5 Å². The Kier molecular flexibility index (Phi) is 4.52. The predicted molar refractivity (Wildman–Crippen MR) is 111 cm³/mol. The van der Waals surface area contributed by atoms with E-state index in [4.69, 9.17) is 11.6 Å². The van der Waals surface area contributed by atoms with Crippen molar-refractivity contribution in [3.63, 3.8) is 0 Å². The van der Waals surface area contributed by atoms with Crippen LogP contribution in [0.25, 0.3) is 33.4 Å². The lowest BCUT2D eigenvalue weighted by molar-refractivity contribution is 0.886. The molecule has 0 saturated carbocycles. The third kappa shape index (κ3) is 3.10. The molecule has 0 aliphatic carbocycles. The molecule has 0 aliphatic heterocycles. The van der Waals surface area contributed by atoms with E-state index in [0.29, 0.717) is 27.7 Å². The highest BCUT2D eigenvalue weighted by Crippen LogP contribution is 2.31. The van der Waals surface area contributed by atoms with E-state index in [0.717, 1.165) is 22.3 Å². The highest BCUT2D eigenvalue weighted by atomic mass is 35.5. The second-order valence-electron chi connectivity index (χ2n) is 6.39. The molecule has 3 heterocycles. The molecular weight excluding hydrogens is 376 g/mol. The first kappa shape index (κ1) is 18.1. The summed E-state index contributed by atoms with van der Waals surface area (Å²) in [5.41, 5.74) is 3.89. The van der Waals surface area contributed by atoms with E-state index in [1.54, 1.807) is 44.8 Å². The van der Waals surface area contributed by atoms with Gasteiger partial charge in [0.05, 0.1) is 17.6 Å². The van der Waals surface area contributed by atoms with Crippen molar-refractivity contribution in [2.24, 2.45) is 7.05 Å². The Labute approximate surface area is 166 Å². The van der Waals surface area contributed by atoms with Gasteiger partial charge in [-0.2, -0.15) is 4.98 Å². The predicted octanol–water partition coefficient (Wildman–Crippen LogP) is 3.46. The number of benzene rings is 1.